The maximum atomic E-state index is 12.6. The summed E-state index contributed by atoms with van der Waals surface area (Å²) < 4.78 is 35.0. The first-order chi connectivity index (χ1) is 14.7. The molecule has 0 bridgehead atoms. The molecule has 0 spiro atoms. The number of carbonyl (C=O) groups excluding carboxylic acids is 2. The predicted molar refractivity (Wildman–Crippen MR) is 118 cm³/mol. The Kier molecular flexibility index (Phi) is 9.05. The molecule has 0 aromatic heterocycles. The number of unbranched alkanes of at least 4 members (excludes halogenated alkanes) is 3. The number of nitrogens with one attached hydrogen (secondary N) is 1. The molecule has 0 radical (unpaired) electrons. The molecule has 1 N–H and O–H groups in total. The van der Waals surface area contributed by atoms with Crippen LogP contribution in [0.1, 0.15) is 53.6 Å². The summed E-state index contributed by atoms with van der Waals surface area (Å²) >= 11 is 0. The third-order valence-electron chi connectivity index (χ3n) is 4.76. The van der Waals surface area contributed by atoms with Gasteiger partial charge in [0.05, 0.1) is 7.11 Å². The third-order valence-corrected chi connectivity index (χ3v) is 6.15. The van der Waals surface area contributed by atoms with Gasteiger partial charge in [0.2, 0.25) is 0 Å². The van der Waals surface area contributed by atoms with Crippen LogP contribution in [-0.2, 0) is 19.6 Å². The number of methoxy groups -OCH3 is 1. The molecular weight excluding hydrogens is 418 g/mol. The summed E-state index contributed by atoms with van der Waals surface area (Å²) in [6, 6.07) is 11.1. The minimum atomic E-state index is -3.96. The lowest BCUT2D eigenvalue weighted by Crippen LogP contribution is -2.24. The van der Waals surface area contributed by atoms with Gasteiger partial charge in [0.1, 0.15) is 10.6 Å². The van der Waals surface area contributed by atoms with Crippen LogP contribution in [0.4, 0.5) is 0 Å². The smallest absolute Gasteiger partial charge is 0.339 e. The standard InChI is InChI=1S/C23H29NO6S/c1-17-9-10-18(2)21(16-17)31(27,28)30-20-13-11-19(12-14-20)23(26)24-15-7-5-4-6-8-22(25)29-3/h9-14,16H,4-8,15H2,1-3H3,(H,24,26). The van der Waals surface area contributed by atoms with E-state index >= 15 is 0 Å². The number of hydrogen-bond donors (Lipinski definition) is 1. The lowest BCUT2D eigenvalue weighted by atomic mass is 10.1. The predicted octanol–water partition coefficient (Wildman–Crippen LogP) is 3.92. The van der Waals surface area contributed by atoms with Gasteiger partial charge in [-0.25, -0.2) is 0 Å². The van der Waals surface area contributed by atoms with Crippen molar-refractivity contribution < 1.29 is 26.9 Å². The first-order valence-corrected chi connectivity index (χ1v) is 11.6. The second kappa shape index (κ2) is 11.5. The Morgan fingerprint density at radius 1 is 0.935 bits per heavy atom. The van der Waals surface area contributed by atoms with Crippen molar-refractivity contribution in [1.82, 2.24) is 5.32 Å². The maximum Gasteiger partial charge on any atom is 0.339 e. The van der Waals surface area contributed by atoms with Gasteiger partial charge in [-0.2, -0.15) is 8.42 Å². The van der Waals surface area contributed by atoms with E-state index in [4.69, 9.17) is 4.18 Å². The molecule has 0 aliphatic rings. The van der Waals surface area contributed by atoms with E-state index in [9.17, 15) is 18.0 Å². The molecule has 8 heteroatoms. The first-order valence-electron chi connectivity index (χ1n) is 10.2. The van der Waals surface area contributed by atoms with Crippen LogP contribution in [0.2, 0.25) is 0 Å². The van der Waals surface area contributed by atoms with Gasteiger partial charge in [0.25, 0.3) is 5.91 Å². The highest BCUT2D eigenvalue weighted by Gasteiger charge is 2.19. The van der Waals surface area contributed by atoms with Crippen molar-refractivity contribution in [1.29, 1.82) is 0 Å². The van der Waals surface area contributed by atoms with E-state index in [-0.39, 0.29) is 22.5 Å². The van der Waals surface area contributed by atoms with Crippen LogP contribution in [0.25, 0.3) is 0 Å². The Labute approximate surface area is 183 Å². The van der Waals surface area contributed by atoms with Crippen molar-refractivity contribution in [2.24, 2.45) is 0 Å². The second-order valence-electron chi connectivity index (χ2n) is 7.33. The summed E-state index contributed by atoms with van der Waals surface area (Å²) in [4.78, 5) is 23.4. The number of amides is 1. The highest BCUT2D eigenvalue weighted by atomic mass is 32.2. The van der Waals surface area contributed by atoms with E-state index in [1.54, 1.807) is 19.1 Å². The summed E-state index contributed by atoms with van der Waals surface area (Å²) in [6.45, 7) is 4.05. The zero-order valence-electron chi connectivity index (χ0n) is 18.1. The fraction of sp³-hybridized carbons (Fsp3) is 0.391. The van der Waals surface area contributed by atoms with E-state index in [1.807, 2.05) is 13.0 Å². The van der Waals surface area contributed by atoms with E-state index in [2.05, 4.69) is 10.1 Å². The number of carbonyl (C=O) groups is 2. The lowest BCUT2D eigenvalue weighted by molar-refractivity contribution is -0.140. The molecule has 2 aromatic carbocycles. The molecule has 0 atom stereocenters. The molecule has 31 heavy (non-hydrogen) atoms. The molecule has 0 heterocycles. The van der Waals surface area contributed by atoms with Crippen LogP contribution in [0.5, 0.6) is 5.75 Å². The van der Waals surface area contributed by atoms with Crippen LogP contribution < -0.4 is 9.50 Å². The second-order valence-corrected chi connectivity index (χ2v) is 8.84. The van der Waals surface area contributed by atoms with Crippen molar-refractivity contribution in [3.05, 3.63) is 59.2 Å². The van der Waals surface area contributed by atoms with E-state index < -0.39 is 10.1 Å². The van der Waals surface area contributed by atoms with Crippen LogP contribution in [-0.4, -0.2) is 33.9 Å². The molecule has 0 aliphatic carbocycles. The first kappa shape index (κ1) is 24.4. The molecule has 2 aromatic rings. The number of hydrogen-bond acceptors (Lipinski definition) is 6. The van der Waals surface area contributed by atoms with Gasteiger partial charge in [-0.1, -0.05) is 25.0 Å². The molecular formula is C23H29NO6S. The van der Waals surface area contributed by atoms with Gasteiger partial charge in [0, 0.05) is 18.5 Å². The number of rotatable bonds is 11. The summed E-state index contributed by atoms with van der Waals surface area (Å²) in [5.74, 6) is -0.302. The van der Waals surface area contributed by atoms with E-state index in [0.29, 0.717) is 24.1 Å². The molecule has 1 amide bonds. The molecule has 0 saturated carbocycles. The topological polar surface area (TPSA) is 98.8 Å². The zero-order chi connectivity index (χ0) is 22.9. The molecule has 0 fully saturated rings. The molecule has 7 nitrogen and oxygen atoms in total. The molecule has 0 unspecified atom stereocenters. The third kappa shape index (κ3) is 7.71. The number of ether oxygens (including phenoxy) is 1. The lowest BCUT2D eigenvalue weighted by Gasteiger charge is -2.11. The molecule has 0 saturated heterocycles. The van der Waals surface area contributed by atoms with E-state index in [0.717, 1.165) is 31.2 Å². The van der Waals surface area contributed by atoms with Gasteiger partial charge in [-0.05, 0) is 68.1 Å². The van der Waals surface area contributed by atoms with Crippen molar-refractivity contribution in [3.8, 4) is 5.75 Å². The van der Waals surface area contributed by atoms with Crippen molar-refractivity contribution in [3.63, 3.8) is 0 Å². The maximum absolute atomic E-state index is 12.6. The molecule has 168 valence electrons. The number of aryl methyl sites for hydroxylation is 2. The van der Waals surface area contributed by atoms with E-state index in [1.165, 1.54) is 31.4 Å². The average Bonchev–Trinajstić information content (AvgIpc) is 2.74. The van der Waals surface area contributed by atoms with Crippen LogP contribution in [0, 0.1) is 13.8 Å². The number of esters is 1. The summed E-state index contributed by atoms with van der Waals surface area (Å²) in [5.41, 5.74) is 1.84. The zero-order valence-corrected chi connectivity index (χ0v) is 19.0. The SMILES string of the molecule is COC(=O)CCCCCCNC(=O)c1ccc(OS(=O)(=O)c2cc(C)ccc2C)cc1. The largest absolute Gasteiger partial charge is 0.469 e. The van der Waals surface area contributed by atoms with Gasteiger partial charge in [-0.15, -0.1) is 0 Å². The minimum absolute atomic E-state index is 0.126. The van der Waals surface area contributed by atoms with Crippen LogP contribution >= 0.6 is 0 Å². The quantitative estimate of drug-likeness (QED) is 0.318. The minimum Gasteiger partial charge on any atom is -0.469 e. The van der Waals surface area contributed by atoms with Gasteiger partial charge >= 0.3 is 16.1 Å². The highest BCUT2D eigenvalue weighted by Crippen LogP contribution is 2.22. The summed E-state index contributed by atoms with van der Waals surface area (Å²) in [7, 11) is -2.59. The highest BCUT2D eigenvalue weighted by molar-refractivity contribution is 7.87. The van der Waals surface area contributed by atoms with Crippen molar-refractivity contribution in [2.75, 3.05) is 13.7 Å². The fourth-order valence-corrected chi connectivity index (χ4v) is 4.21. The summed E-state index contributed by atoms with van der Waals surface area (Å²) in [5, 5.41) is 2.83. The fourth-order valence-electron chi connectivity index (χ4n) is 2.96. The van der Waals surface area contributed by atoms with Crippen molar-refractivity contribution >= 4 is 22.0 Å². The Balaban J connectivity index is 1.82. The Morgan fingerprint density at radius 3 is 2.29 bits per heavy atom. The summed E-state index contributed by atoms with van der Waals surface area (Å²) in [6.07, 6.45) is 3.79. The number of benzene rings is 2. The monoisotopic (exact) mass is 447 g/mol. The molecule has 0 aliphatic heterocycles. The molecule has 2 rings (SSSR count). The van der Waals surface area contributed by atoms with Crippen molar-refractivity contribution in [2.45, 2.75) is 50.8 Å². The van der Waals surface area contributed by atoms with Gasteiger partial charge in [0.15, 0.2) is 0 Å². The van der Waals surface area contributed by atoms with Crippen LogP contribution in [0.15, 0.2) is 47.4 Å². The normalized spacial score (nSPS) is 11.1. The Hall–Kier alpha value is -2.87. The average molecular weight is 448 g/mol. The van der Waals surface area contributed by atoms with Crippen LogP contribution in [0.3, 0.4) is 0 Å². The Morgan fingerprint density at radius 2 is 1.61 bits per heavy atom. The van der Waals surface area contributed by atoms with Gasteiger partial charge < -0.3 is 14.2 Å². The van der Waals surface area contributed by atoms with Gasteiger partial charge in [-0.3, -0.25) is 9.59 Å². The Bertz CT molecular complexity index is 999.